The van der Waals surface area contributed by atoms with Crippen LogP contribution in [0.4, 0.5) is 13.2 Å². The lowest BCUT2D eigenvalue weighted by atomic mass is 9.96. The van der Waals surface area contributed by atoms with Gasteiger partial charge in [-0.25, -0.2) is 15.0 Å². The number of para-hydroxylation sites is 3. The van der Waals surface area contributed by atoms with E-state index in [0.717, 1.165) is 66.7 Å². The van der Waals surface area contributed by atoms with Crippen molar-refractivity contribution in [2.24, 2.45) is 0 Å². The summed E-state index contributed by atoms with van der Waals surface area (Å²) in [4.78, 5) is 15.3. The van der Waals surface area contributed by atoms with Crippen LogP contribution < -0.4 is 0 Å². The molecule has 3 heterocycles. The molecule has 0 radical (unpaired) electrons. The van der Waals surface area contributed by atoms with E-state index in [1.807, 2.05) is 120 Å². The van der Waals surface area contributed by atoms with E-state index in [-0.39, 0.29) is 0 Å². The van der Waals surface area contributed by atoms with Gasteiger partial charge < -0.3 is 9.13 Å². The molecule has 11 rings (SSSR count). The van der Waals surface area contributed by atoms with Gasteiger partial charge in [-0.15, -0.1) is 0 Å². The number of alkyl halides is 3. The van der Waals surface area contributed by atoms with Crippen LogP contribution in [0.5, 0.6) is 0 Å². The summed E-state index contributed by atoms with van der Waals surface area (Å²) >= 11 is 0. The molecule has 0 aliphatic heterocycles. The van der Waals surface area contributed by atoms with E-state index in [1.165, 1.54) is 6.07 Å². The first-order valence-corrected chi connectivity index (χ1v) is 19.6. The van der Waals surface area contributed by atoms with Gasteiger partial charge in [-0.05, 0) is 65.7 Å². The van der Waals surface area contributed by atoms with Gasteiger partial charge in [0.1, 0.15) is 0 Å². The van der Waals surface area contributed by atoms with Crippen LogP contribution in [0.25, 0.3) is 100 Å². The number of halogens is 3. The molecular formula is C52H32F3N5. The molecule has 11 aromatic rings. The number of hydrogen-bond acceptors (Lipinski definition) is 3. The molecule has 8 aromatic carbocycles. The number of aromatic nitrogens is 5. The lowest BCUT2D eigenvalue weighted by Gasteiger charge is -2.17. The van der Waals surface area contributed by atoms with Crippen molar-refractivity contribution in [1.29, 1.82) is 0 Å². The number of nitrogens with zero attached hydrogens (tertiary/aromatic N) is 5. The van der Waals surface area contributed by atoms with E-state index in [2.05, 4.69) is 65.2 Å². The Morgan fingerprint density at radius 1 is 0.367 bits per heavy atom. The average Bonchev–Trinajstić information content (AvgIpc) is 3.82. The Labute approximate surface area is 342 Å². The van der Waals surface area contributed by atoms with E-state index >= 15 is 0 Å². The van der Waals surface area contributed by atoms with Crippen LogP contribution in [0.2, 0.25) is 0 Å². The minimum atomic E-state index is -4.54. The molecule has 0 unspecified atom stereocenters. The summed E-state index contributed by atoms with van der Waals surface area (Å²) in [7, 11) is 0. The summed E-state index contributed by atoms with van der Waals surface area (Å²) in [5.41, 5.74) is 8.40. The Morgan fingerprint density at radius 2 is 0.917 bits per heavy atom. The van der Waals surface area contributed by atoms with Crippen LogP contribution in [0, 0.1) is 0 Å². The highest BCUT2D eigenvalue weighted by Crippen LogP contribution is 2.43. The van der Waals surface area contributed by atoms with Crippen molar-refractivity contribution in [3.05, 3.63) is 200 Å². The van der Waals surface area contributed by atoms with Crippen LogP contribution in [0.3, 0.4) is 0 Å². The summed E-state index contributed by atoms with van der Waals surface area (Å²) in [5, 5.41) is 3.71. The second-order valence-corrected chi connectivity index (χ2v) is 14.7. The zero-order valence-corrected chi connectivity index (χ0v) is 31.8. The second kappa shape index (κ2) is 13.9. The maximum Gasteiger partial charge on any atom is 0.416 e. The SMILES string of the molecule is FC(F)(F)c1ccc2c3ccccc3n(-c3ccc(-c4cccc5c4c4ccccc4n5-c4ccccc4)cc3-c3nc(-c4ccccc4)nc(-c4ccccc4)n3)c2c1. The van der Waals surface area contributed by atoms with Crippen LogP contribution in [-0.4, -0.2) is 24.1 Å². The molecule has 8 heteroatoms. The Hall–Kier alpha value is -7.84. The zero-order chi connectivity index (χ0) is 40.4. The summed E-state index contributed by atoms with van der Waals surface area (Å²) in [6.07, 6.45) is -4.54. The van der Waals surface area contributed by atoms with Crippen LogP contribution >= 0.6 is 0 Å². The van der Waals surface area contributed by atoms with E-state index < -0.39 is 11.7 Å². The first-order chi connectivity index (χ1) is 29.4. The molecule has 0 amide bonds. The van der Waals surface area contributed by atoms with Gasteiger partial charge in [0.15, 0.2) is 17.5 Å². The number of hydrogen-bond donors (Lipinski definition) is 0. The smallest absolute Gasteiger partial charge is 0.309 e. The molecule has 0 fully saturated rings. The second-order valence-electron chi connectivity index (χ2n) is 14.7. The zero-order valence-electron chi connectivity index (χ0n) is 31.8. The Balaban J connectivity index is 1.24. The van der Waals surface area contributed by atoms with Crippen molar-refractivity contribution >= 4 is 43.6 Å². The maximum absolute atomic E-state index is 14.4. The number of fused-ring (bicyclic) bond motifs is 6. The average molecular weight is 784 g/mol. The minimum absolute atomic E-state index is 0.386. The Morgan fingerprint density at radius 3 is 1.58 bits per heavy atom. The van der Waals surface area contributed by atoms with Gasteiger partial charge in [0.05, 0.1) is 33.3 Å². The fraction of sp³-hybridized carbons (Fsp3) is 0.0192. The first-order valence-electron chi connectivity index (χ1n) is 19.6. The van der Waals surface area contributed by atoms with E-state index in [0.29, 0.717) is 39.6 Å². The normalized spacial score (nSPS) is 11.9. The third-order valence-electron chi connectivity index (χ3n) is 11.2. The molecule has 0 aliphatic carbocycles. The van der Waals surface area contributed by atoms with Crippen molar-refractivity contribution in [2.45, 2.75) is 6.18 Å². The van der Waals surface area contributed by atoms with Crippen LogP contribution in [0.15, 0.2) is 194 Å². The lowest BCUT2D eigenvalue weighted by molar-refractivity contribution is -0.137. The maximum atomic E-state index is 14.4. The van der Waals surface area contributed by atoms with E-state index in [1.54, 1.807) is 6.07 Å². The Kier molecular flexibility index (Phi) is 8.20. The molecule has 0 aliphatic rings. The monoisotopic (exact) mass is 783 g/mol. The highest BCUT2D eigenvalue weighted by Gasteiger charge is 2.32. The van der Waals surface area contributed by atoms with Gasteiger partial charge in [0.25, 0.3) is 0 Å². The van der Waals surface area contributed by atoms with Gasteiger partial charge in [-0.2, -0.15) is 13.2 Å². The fourth-order valence-corrected chi connectivity index (χ4v) is 8.53. The van der Waals surface area contributed by atoms with Crippen LogP contribution in [0.1, 0.15) is 5.56 Å². The molecule has 60 heavy (non-hydrogen) atoms. The predicted molar refractivity (Wildman–Crippen MR) is 235 cm³/mol. The molecule has 0 saturated carbocycles. The van der Waals surface area contributed by atoms with E-state index in [9.17, 15) is 13.2 Å². The minimum Gasteiger partial charge on any atom is -0.309 e. The van der Waals surface area contributed by atoms with Crippen molar-refractivity contribution in [3.8, 4) is 56.7 Å². The topological polar surface area (TPSA) is 48.5 Å². The van der Waals surface area contributed by atoms with Gasteiger partial charge in [0, 0.05) is 43.9 Å². The predicted octanol–water partition coefficient (Wildman–Crippen LogP) is 13.8. The van der Waals surface area contributed by atoms with Gasteiger partial charge in [0.2, 0.25) is 0 Å². The standard InChI is InChI=1S/C52H32F3N5/c53-52(54,55)36-28-29-40-39-21-10-12-24-43(39)60(47(40)32-36)45-30-27-35(38-23-14-26-46-48(38)41-22-11-13-25-44(41)59(46)37-19-8-3-9-20-37)31-42(45)51-57-49(33-15-4-1-5-16-33)56-50(58-51)34-17-6-2-7-18-34/h1-32H. The Bertz CT molecular complexity index is 3350. The third kappa shape index (κ3) is 5.83. The molecule has 0 saturated heterocycles. The quantitative estimate of drug-likeness (QED) is 0.169. The molecule has 0 spiro atoms. The highest BCUT2D eigenvalue weighted by atomic mass is 19.4. The van der Waals surface area contributed by atoms with Crippen molar-refractivity contribution in [3.63, 3.8) is 0 Å². The molecule has 5 nitrogen and oxygen atoms in total. The molecule has 0 atom stereocenters. The van der Waals surface area contributed by atoms with Gasteiger partial charge in [-0.3, -0.25) is 0 Å². The van der Waals surface area contributed by atoms with Gasteiger partial charge in [-0.1, -0.05) is 140 Å². The number of benzene rings is 8. The highest BCUT2D eigenvalue weighted by molar-refractivity contribution is 6.16. The van der Waals surface area contributed by atoms with Crippen molar-refractivity contribution in [2.75, 3.05) is 0 Å². The number of rotatable bonds is 6. The molecule has 0 bridgehead atoms. The summed E-state index contributed by atoms with van der Waals surface area (Å²) < 4.78 is 47.4. The summed E-state index contributed by atoms with van der Waals surface area (Å²) in [5.74, 6) is 1.34. The molecule has 3 aromatic heterocycles. The summed E-state index contributed by atoms with van der Waals surface area (Å²) in [6.45, 7) is 0. The molecule has 286 valence electrons. The lowest BCUT2D eigenvalue weighted by Crippen LogP contribution is -2.06. The largest absolute Gasteiger partial charge is 0.416 e. The van der Waals surface area contributed by atoms with Crippen molar-refractivity contribution < 1.29 is 13.2 Å². The van der Waals surface area contributed by atoms with Gasteiger partial charge >= 0.3 is 6.18 Å². The first kappa shape index (κ1) is 35.3. The van der Waals surface area contributed by atoms with E-state index in [4.69, 9.17) is 15.0 Å². The molecule has 0 N–H and O–H groups in total. The third-order valence-corrected chi connectivity index (χ3v) is 11.2. The summed E-state index contributed by atoms with van der Waals surface area (Å²) in [6, 6.07) is 62.3. The molecular weight excluding hydrogens is 752 g/mol. The van der Waals surface area contributed by atoms with Crippen LogP contribution in [-0.2, 0) is 6.18 Å². The fourth-order valence-electron chi connectivity index (χ4n) is 8.53. The van der Waals surface area contributed by atoms with Crippen molar-refractivity contribution in [1.82, 2.24) is 24.1 Å².